The quantitative estimate of drug-likeness (QED) is 0.698. The fourth-order valence-electron chi connectivity index (χ4n) is 4.21. The van der Waals surface area contributed by atoms with E-state index in [2.05, 4.69) is 13.8 Å². The van der Waals surface area contributed by atoms with Crippen LogP contribution in [0, 0.1) is 11.8 Å². The van der Waals surface area contributed by atoms with Crippen molar-refractivity contribution in [3.63, 3.8) is 0 Å². The van der Waals surface area contributed by atoms with Crippen LogP contribution in [0.2, 0.25) is 0 Å². The van der Waals surface area contributed by atoms with Gasteiger partial charge in [-0.3, -0.25) is 9.59 Å². The second-order valence-electron chi connectivity index (χ2n) is 8.11. The minimum absolute atomic E-state index is 0.00812. The van der Waals surface area contributed by atoms with Gasteiger partial charge in [-0.2, -0.15) is 0 Å². The lowest BCUT2D eigenvalue weighted by Crippen LogP contribution is -2.26. The summed E-state index contributed by atoms with van der Waals surface area (Å²) in [6, 6.07) is 9.66. The van der Waals surface area contributed by atoms with Crippen LogP contribution in [0.1, 0.15) is 45.6 Å². The monoisotopic (exact) mass is 360 g/mol. The van der Waals surface area contributed by atoms with Crippen molar-refractivity contribution in [2.45, 2.75) is 64.4 Å². The number of rotatable bonds is 7. The van der Waals surface area contributed by atoms with Crippen molar-refractivity contribution in [2.75, 3.05) is 6.61 Å². The topological polar surface area (TPSA) is 61.8 Å². The maximum Gasteiger partial charge on any atom is 0.306 e. The summed E-state index contributed by atoms with van der Waals surface area (Å²) >= 11 is 0. The molecular weight excluding hydrogens is 332 g/mol. The smallest absolute Gasteiger partial charge is 0.306 e. The zero-order chi connectivity index (χ0) is 18.7. The maximum atomic E-state index is 12.3. The Morgan fingerprint density at radius 1 is 1.23 bits per heavy atom. The minimum atomic E-state index is -0.222. The first-order valence-electron chi connectivity index (χ1n) is 9.32. The normalized spacial score (nSPS) is 29.3. The Labute approximate surface area is 155 Å². The van der Waals surface area contributed by atoms with Crippen molar-refractivity contribution in [1.82, 2.24) is 0 Å². The van der Waals surface area contributed by atoms with Gasteiger partial charge in [0.1, 0.15) is 13.2 Å². The molecule has 5 nitrogen and oxygen atoms in total. The van der Waals surface area contributed by atoms with E-state index in [1.54, 1.807) is 0 Å². The van der Waals surface area contributed by atoms with Crippen LogP contribution in [0.5, 0.6) is 0 Å². The van der Waals surface area contributed by atoms with Crippen LogP contribution in [-0.2, 0) is 30.4 Å². The van der Waals surface area contributed by atoms with Gasteiger partial charge >= 0.3 is 5.97 Å². The summed E-state index contributed by atoms with van der Waals surface area (Å²) in [6.45, 7) is 6.08. The van der Waals surface area contributed by atoms with Crippen LogP contribution in [0.25, 0.3) is 0 Å². The van der Waals surface area contributed by atoms with Crippen molar-refractivity contribution in [3.05, 3.63) is 35.9 Å². The SMILES string of the molecule is CC(=O)CO[C@H]1C[C@@H](CC(=O)OCc2ccccc2)[C@@H]2OC(C)(C)C[C@@H]21. The van der Waals surface area contributed by atoms with Gasteiger partial charge in [0.05, 0.1) is 24.2 Å². The molecule has 0 aromatic heterocycles. The lowest BCUT2D eigenvalue weighted by Gasteiger charge is -2.23. The minimum Gasteiger partial charge on any atom is -0.461 e. The van der Waals surface area contributed by atoms with Crippen LogP contribution in [-0.4, -0.2) is 36.2 Å². The third-order valence-electron chi connectivity index (χ3n) is 5.25. The van der Waals surface area contributed by atoms with Gasteiger partial charge in [-0.05, 0) is 45.1 Å². The number of carbonyl (C=O) groups excluding carboxylic acids is 2. The highest BCUT2D eigenvalue weighted by Gasteiger charge is 2.53. The number of fused-ring (bicyclic) bond motifs is 1. The van der Waals surface area contributed by atoms with Crippen molar-refractivity contribution >= 4 is 11.8 Å². The van der Waals surface area contributed by atoms with E-state index < -0.39 is 0 Å². The van der Waals surface area contributed by atoms with E-state index in [-0.39, 0.29) is 54.6 Å². The summed E-state index contributed by atoms with van der Waals surface area (Å²) in [7, 11) is 0. The predicted molar refractivity (Wildman–Crippen MR) is 96.4 cm³/mol. The first-order valence-corrected chi connectivity index (χ1v) is 9.32. The largest absolute Gasteiger partial charge is 0.461 e. The molecule has 1 aromatic carbocycles. The van der Waals surface area contributed by atoms with Crippen LogP contribution in [0.3, 0.4) is 0 Å². The summed E-state index contributed by atoms with van der Waals surface area (Å²) in [5, 5.41) is 0. The van der Waals surface area contributed by atoms with Gasteiger partial charge in [-0.15, -0.1) is 0 Å². The molecule has 1 heterocycles. The summed E-state index contributed by atoms with van der Waals surface area (Å²) in [4.78, 5) is 23.6. The molecule has 1 saturated heterocycles. The number of carbonyl (C=O) groups is 2. The van der Waals surface area contributed by atoms with E-state index in [4.69, 9.17) is 14.2 Å². The van der Waals surface area contributed by atoms with Gasteiger partial charge in [0, 0.05) is 5.92 Å². The number of hydrogen-bond acceptors (Lipinski definition) is 5. The molecule has 0 amide bonds. The van der Waals surface area contributed by atoms with E-state index in [9.17, 15) is 9.59 Å². The Morgan fingerprint density at radius 2 is 1.96 bits per heavy atom. The molecule has 2 aliphatic rings. The molecule has 0 radical (unpaired) electrons. The van der Waals surface area contributed by atoms with Crippen LogP contribution in [0.15, 0.2) is 30.3 Å². The fraction of sp³-hybridized carbons (Fsp3) is 0.619. The van der Waals surface area contributed by atoms with Crippen molar-refractivity contribution in [3.8, 4) is 0 Å². The number of esters is 1. The van der Waals surface area contributed by atoms with E-state index >= 15 is 0 Å². The highest BCUT2D eigenvalue weighted by molar-refractivity contribution is 5.76. The molecule has 0 spiro atoms. The number of Topliss-reactive ketones (excluding diaryl/α,β-unsaturated/α-hetero) is 1. The molecule has 1 aliphatic carbocycles. The Balaban J connectivity index is 1.57. The number of benzene rings is 1. The van der Waals surface area contributed by atoms with Gasteiger partial charge in [0.2, 0.25) is 0 Å². The fourth-order valence-corrected chi connectivity index (χ4v) is 4.21. The average molecular weight is 360 g/mol. The summed E-state index contributed by atoms with van der Waals surface area (Å²) in [6.07, 6.45) is 1.91. The zero-order valence-electron chi connectivity index (χ0n) is 15.8. The molecule has 3 rings (SSSR count). The highest BCUT2D eigenvalue weighted by Crippen LogP contribution is 2.49. The molecule has 0 bridgehead atoms. The maximum absolute atomic E-state index is 12.3. The van der Waals surface area contributed by atoms with Crippen molar-refractivity contribution < 1.29 is 23.8 Å². The molecule has 1 aromatic rings. The molecule has 4 atom stereocenters. The lowest BCUT2D eigenvalue weighted by atomic mass is 9.93. The summed E-state index contributed by atoms with van der Waals surface area (Å²) < 4.78 is 17.5. The van der Waals surface area contributed by atoms with Crippen LogP contribution < -0.4 is 0 Å². The molecule has 142 valence electrons. The van der Waals surface area contributed by atoms with Crippen LogP contribution >= 0.6 is 0 Å². The molecule has 5 heteroatoms. The molecule has 2 fully saturated rings. The Kier molecular flexibility index (Phi) is 5.78. The molecule has 1 aliphatic heterocycles. The average Bonchev–Trinajstić information content (AvgIpc) is 3.06. The summed E-state index contributed by atoms with van der Waals surface area (Å²) in [5.74, 6) is 0.113. The molecule has 0 N–H and O–H groups in total. The third-order valence-corrected chi connectivity index (χ3v) is 5.25. The van der Waals surface area contributed by atoms with Gasteiger partial charge in [-0.25, -0.2) is 0 Å². The van der Waals surface area contributed by atoms with Gasteiger partial charge < -0.3 is 14.2 Å². The molecule has 0 unspecified atom stereocenters. The Bertz CT molecular complexity index is 639. The van der Waals surface area contributed by atoms with Gasteiger partial charge in [0.15, 0.2) is 5.78 Å². The van der Waals surface area contributed by atoms with Crippen molar-refractivity contribution in [2.24, 2.45) is 11.8 Å². The third kappa shape index (κ3) is 4.71. The first-order chi connectivity index (χ1) is 12.3. The van der Waals surface area contributed by atoms with E-state index in [0.717, 1.165) is 18.4 Å². The highest BCUT2D eigenvalue weighted by atomic mass is 16.5. The predicted octanol–water partition coefficient (Wildman–Crippen LogP) is 3.30. The van der Waals surface area contributed by atoms with Gasteiger partial charge in [-0.1, -0.05) is 30.3 Å². The van der Waals surface area contributed by atoms with E-state index in [1.807, 2.05) is 30.3 Å². The van der Waals surface area contributed by atoms with E-state index in [0.29, 0.717) is 6.42 Å². The van der Waals surface area contributed by atoms with E-state index in [1.165, 1.54) is 6.92 Å². The molecule has 26 heavy (non-hydrogen) atoms. The zero-order valence-corrected chi connectivity index (χ0v) is 15.8. The second-order valence-corrected chi connectivity index (χ2v) is 8.11. The van der Waals surface area contributed by atoms with Crippen molar-refractivity contribution in [1.29, 1.82) is 0 Å². The molecule has 1 saturated carbocycles. The number of hydrogen-bond donors (Lipinski definition) is 0. The Hall–Kier alpha value is -1.72. The lowest BCUT2D eigenvalue weighted by molar-refractivity contribution is -0.148. The standard InChI is InChI=1S/C21H28O5/c1-14(22)12-24-18-9-16(20-17(18)11-21(2,3)26-20)10-19(23)25-13-15-7-5-4-6-8-15/h4-8,16-18,20H,9-13H2,1-3H3/t16-,17+,18-,20-/m0/s1. The molecular formula is C21H28O5. The number of ether oxygens (including phenoxy) is 3. The van der Waals surface area contributed by atoms with Crippen LogP contribution in [0.4, 0.5) is 0 Å². The summed E-state index contributed by atoms with van der Waals surface area (Å²) in [5.41, 5.74) is 0.755. The Morgan fingerprint density at radius 3 is 2.65 bits per heavy atom. The first kappa shape index (κ1) is 19.1. The van der Waals surface area contributed by atoms with Gasteiger partial charge in [0.25, 0.3) is 0 Å². The number of ketones is 1. The second kappa shape index (κ2) is 7.89.